The molecular weight excluding hydrogens is 248 g/mol. The third-order valence-corrected chi connectivity index (χ3v) is 4.12. The highest BCUT2D eigenvalue weighted by Crippen LogP contribution is 2.27. The van der Waals surface area contributed by atoms with Crippen molar-refractivity contribution >= 4 is 11.6 Å². The smallest absolute Gasteiger partial charge is 0.224 e. The fraction of sp³-hybridized carbons (Fsp3) is 0.588. The zero-order chi connectivity index (χ0) is 14.2. The summed E-state index contributed by atoms with van der Waals surface area (Å²) in [5.74, 6) is 0.921. The standard InChI is InChI=1S/C17H26N2O/c1-18-13-15-7-10-16(11-8-15)19-17(20)12-9-14-5-3-2-4-6-14/h7-8,10-11,14,18H,2-6,9,12-13H2,1H3,(H,19,20). The number of rotatable bonds is 6. The van der Waals surface area contributed by atoms with Crippen LogP contribution in [0, 0.1) is 5.92 Å². The quantitative estimate of drug-likeness (QED) is 0.830. The van der Waals surface area contributed by atoms with E-state index in [4.69, 9.17) is 0 Å². The van der Waals surface area contributed by atoms with Gasteiger partial charge in [-0.25, -0.2) is 0 Å². The number of carbonyl (C=O) groups is 1. The minimum absolute atomic E-state index is 0.150. The van der Waals surface area contributed by atoms with Gasteiger partial charge >= 0.3 is 0 Å². The molecule has 0 unspecified atom stereocenters. The van der Waals surface area contributed by atoms with Crippen LogP contribution in [0.15, 0.2) is 24.3 Å². The predicted molar refractivity (Wildman–Crippen MR) is 83.6 cm³/mol. The lowest BCUT2D eigenvalue weighted by molar-refractivity contribution is -0.116. The maximum absolute atomic E-state index is 11.9. The Hall–Kier alpha value is -1.35. The molecule has 1 fully saturated rings. The zero-order valence-corrected chi connectivity index (χ0v) is 12.5. The summed E-state index contributed by atoms with van der Waals surface area (Å²) in [6, 6.07) is 8.05. The monoisotopic (exact) mass is 274 g/mol. The van der Waals surface area contributed by atoms with Crippen LogP contribution in [0.25, 0.3) is 0 Å². The van der Waals surface area contributed by atoms with Crippen LogP contribution < -0.4 is 10.6 Å². The summed E-state index contributed by atoms with van der Waals surface area (Å²) in [6.07, 6.45) is 8.39. The van der Waals surface area contributed by atoms with Gasteiger partial charge in [-0.1, -0.05) is 44.2 Å². The summed E-state index contributed by atoms with van der Waals surface area (Å²) in [6.45, 7) is 0.857. The summed E-state index contributed by atoms with van der Waals surface area (Å²) in [5, 5.41) is 6.10. The molecule has 1 amide bonds. The molecule has 1 aliphatic rings. The molecule has 3 nitrogen and oxygen atoms in total. The highest BCUT2D eigenvalue weighted by atomic mass is 16.1. The Bertz CT molecular complexity index is 408. The molecule has 0 aliphatic heterocycles. The summed E-state index contributed by atoms with van der Waals surface area (Å²) < 4.78 is 0. The molecule has 1 aliphatic carbocycles. The first-order valence-electron chi connectivity index (χ1n) is 7.81. The van der Waals surface area contributed by atoms with Crippen LogP contribution in [0.1, 0.15) is 50.5 Å². The van der Waals surface area contributed by atoms with E-state index in [0.29, 0.717) is 6.42 Å². The molecule has 1 aromatic rings. The van der Waals surface area contributed by atoms with Gasteiger partial charge in [-0.3, -0.25) is 4.79 Å². The van der Waals surface area contributed by atoms with Crippen molar-refractivity contribution in [2.24, 2.45) is 5.92 Å². The topological polar surface area (TPSA) is 41.1 Å². The number of hydrogen-bond donors (Lipinski definition) is 2. The normalized spacial score (nSPS) is 16.1. The molecule has 0 spiro atoms. The van der Waals surface area contributed by atoms with Gasteiger partial charge in [-0.2, -0.15) is 0 Å². The maximum Gasteiger partial charge on any atom is 0.224 e. The average Bonchev–Trinajstić information content (AvgIpc) is 2.49. The summed E-state index contributed by atoms with van der Waals surface area (Å²) in [4.78, 5) is 11.9. The average molecular weight is 274 g/mol. The molecule has 0 radical (unpaired) electrons. The molecule has 1 aromatic carbocycles. The van der Waals surface area contributed by atoms with Gasteiger partial charge in [0.15, 0.2) is 0 Å². The fourth-order valence-corrected chi connectivity index (χ4v) is 2.94. The van der Waals surface area contributed by atoms with Crippen molar-refractivity contribution in [1.29, 1.82) is 0 Å². The van der Waals surface area contributed by atoms with Crippen molar-refractivity contribution in [3.63, 3.8) is 0 Å². The van der Waals surface area contributed by atoms with E-state index in [1.807, 2.05) is 31.3 Å². The molecule has 20 heavy (non-hydrogen) atoms. The van der Waals surface area contributed by atoms with Crippen LogP contribution in [0.2, 0.25) is 0 Å². The van der Waals surface area contributed by atoms with Crippen molar-refractivity contribution in [3.8, 4) is 0 Å². The lowest BCUT2D eigenvalue weighted by Crippen LogP contribution is -2.15. The predicted octanol–water partition coefficient (Wildman–Crippen LogP) is 3.71. The van der Waals surface area contributed by atoms with Crippen molar-refractivity contribution in [2.75, 3.05) is 12.4 Å². The number of nitrogens with one attached hydrogen (secondary N) is 2. The number of hydrogen-bond acceptors (Lipinski definition) is 2. The number of benzene rings is 1. The SMILES string of the molecule is CNCc1ccc(NC(=O)CCC2CCCCC2)cc1. The van der Waals surface area contributed by atoms with E-state index in [-0.39, 0.29) is 5.91 Å². The Kier molecular flexibility index (Phi) is 6.06. The third kappa shape index (κ3) is 4.97. The molecule has 3 heteroatoms. The van der Waals surface area contributed by atoms with Crippen LogP contribution in [0.3, 0.4) is 0 Å². The number of carbonyl (C=O) groups excluding carboxylic acids is 1. The Morgan fingerprint density at radius 1 is 1.15 bits per heavy atom. The van der Waals surface area contributed by atoms with E-state index in [0.717, 1.165) is 24.6 Å². The van der Waals surface area contributed by atoms with Gasteiger partial charge < -0.3 is 10.6 Å². The molecule has 0 atom stereocenters. The van der Waals surface area contributed by atoms with Crippen LogP contribution in [0.5, 0.6) is 0 Å². The second-order valence-electron chi connectivity index (χ2n) is 5.82. The third-order valence-electron chi connectivity index (χ3n) is 4.12. The molecular formula is C17H26N2O. The number of amides is 1. The molecule has 0 aromatic heterocycles. The first-order valence-corrected chi connectivity index (χ1v) is 7.81. The highest BCUT2D eigenvalue weighted by molar-refractivity contribution is 5.90. The van der Waals surface area contributed by atoms with Gasteiger partial charge in [0.2, 0.25) is 5.91 Å². The summed E-state index contributed by atoms with van der Waals surface area (Å²) in [7, 11) is 1.93. The highest BCUT2D eigenvalue weighted by Gasteiger charge is 2.14. The van der Waals surface area contributed by atoms with E-state index >= 15 is 0 Å². The molecule has 2 rings (SSSR count). The Labute approximate surface area is 122 Å². The second kappa shape index (κ2) is 8.05. The van der Waals surface area contributed by atoms with E-state index in [2.05, 4.69) is 10.6 Å². The Morgan fingerprint density at radius 3 is 2.50 bits per heavy atom. The first kappa shape index (κ1) is 15.0. The summed E-state index contributed by atoms with van der Waals surface area (Å²) in [5.41, 5.74) is 2.13. The minimum Gasteiger partial charge on any atom is -0.326 e. The van der Waals surface area contributed by atoms with Crippen LogP contribution in [0.4, 0.5) is 5.69 Å². The molecule has 0 saturated heterocycles. The Morgan fingerprint density at radius 2 is 1.85 bits per heavy atom. The van der Waals surface area contributed by atoms with E-state index in [9.17, 15) is 4.79 Å². The molecule has 0 heterocycles. The molecule has 2 N–H and O–H groups in total. The van der Waals surface area contributed by atoms with Gasteiger partial charge in [0, 0.05) is 18.7 Å². The lowest BCUT2D eigenvalue weighted by atomic mass is 9.86. The maximum atomic E-state index is 11.9. The fourth-order valence-electron chi connectivity index (χ4n) is 2.94. The van der Waals surface area contributed by atoms with E-state index < -0.39 is 0 Å². The number of anilines is 1. The lowest BCUT2D eigenvalue weighted by Gasteiger charge is -2.21. The van der Waals surface area contributed by atoms with Gasteiger partial charge in [-0.05, 0) is 37.1 Å². The zero-order valence-electron chi connectivity index (χ0n) is 12.5. The van der Waals surface area contributed by atoms with Crippen LogP contribution in [-0.2, 0) is 11.3 Å². The van der Waals surface area contributed by atoms with Gasteiger partial charge in [0.25, 0.3) is 0 Å². The molecule has 0 bridgehead atoms. The van der Waals surface area contributed by atoms with Gasteiger partial charge in [0.05, 0.1) is 0 Å². The molecule has 110 valence electrons. The van der Waals surface area contributed by atoms with Crippen molar-refractivity contribution in [3.05, 3.63) is 29.8 Å². The van der Waals surface area contributed by atoms with Gasteiger partial charge in [0.1, 0.15) is 0 Å². The minimum atomic E-state index is 0.150. The van der Waals surface area contributed by atoms with E-state index in [1.54, 1.807) is 0 Å². The second-order valence-corrected chi connectivity index (χ2v) is 5.82. The van der Waals surface area contributed by atoms with Crippen molar-refractivity contribution in [1.82, 2.24) is 5.32 Å². The van der Waals surface area contributed by atoms with Crippen LogP contribution >= 0.6 is 0 Å². The van der Waals surface area contributed by atoms with E-state index in [1.165, 1.54) is 37.7 Å². The summed E-state index contributed by atoms with van der Waals surface area (Å²) >= 11 is 0. The molecule has 1 saturated carbocycles. The van der Waals surface area contributed by atoms with Gasteiger partial charge in [-0.15, -0.1) is 0 Å². The largest absolute Gasteiger partial charge is 0.326 e. The van der Waals surface area contributed by atoms with Crippen molar-refractivity contribution in [2.45, 2.75) is 51.5 Å². The van der Waals surface area contributed by atoms with Crippen molar-refractivity contribution < 1.29 is 4.79 Å². The Balaban J connectivity index is 1.73. The first-order chi connectivity index (χ1) is 9.78. The van der Waals surface area contributed by atoms with Crippen LogP contribution in [-0.4, -0.2) is 13.0 Å².